The first-order valence-electron chi connectivity index (χ1n) is 9.53. The highest BCUT2D eigenvalue weighted by atomic mass is 19.4. The summed E-state index contributed by atoms with van der Waals surface area (Å²) in [7, 11) is 0. The van der Waals surface area contributed by atoms with Gasteiger partial charge in [-0.1, -0.05) is 36.8 Å². The van der Waals surface area contributed by atoms with Crippen LogP contribution in [0.1, 0.15) is 48.2 Å². The summed E-state index contributed by atoms with van der Waals surface area (Å²) in [5, 5.41) is 0. The van der Waals surface area contributed by atoms with Crippen molar-refractivity contribution in [1.82, 2.24) is 0 Å². The van der Waals surface area contributed by atoms with Crippen molar-refractivity contribution >= 4 is 24.7 Å². The van der Waals surface area contributed by atoms with Crippen LogP contribution < -0.4 is 9.64 Å². The van der Waals surface area contributed by atoms with Gasteiger partial charge in [-0.15, -0.1) is 0 Å². The number of hydrogen-bond donors (Lipinski definition) is 0. The summed E-state index contributed by atoms with van der Waals surface area (Å²) in [5.41, 5.74) is 2.77. The van der Waals surface area contributed by atoms with Gasteiger partial charge in [-0.3, -0.25) is 4.79 Å². The van der Waals surface area contributed by atoms with E-state index < -0.39 is 12.3 Å². The summed E-state index contributed by atoms with van der Waals surface area (Å²) in [5.74, 6) is -0.240. The normalized spacial score (nSPS) is 15.5. The average molecular weight is 437 g/mol. The molecule has 1 aliphatic rings. The first-order valence-corrected chi connectivity index (χ1v) is 9.53. The molecular weight excluding hydrogens is 411 g/mol. The van der Waals surface area contributed by atoms with E-state index in [-0.39, 0.29) is 23.1 Å². The number of carbonyl (C=O) groups excluding carboxylic acids is 3. The molecule has 1 heterocycles. The number of para-hydroxylation sites is 1. The molecule has 1 amide bonds. The van der Waals surface area contributed by atoms with Gasteiger partial charge in [-0.05, 0) is 44.5 Å². The van der Waals surface area contributed by atoms with Crippen molar-refractivity contribution < 1.29 is 32.3 Å². The lowest BCUT2D eigenvalue weighted by molar-refractivity contribution is -0.189. The number of hydrogen-bond acceptors (Lipinski definition) is 4. The van der Waals surface area contributed by atoms with E-state index in [1.807, 2.05) is 38.0 Å². The van der Waals surface area contributed by atoms with E-state index >= 15 is 0 Å². The van der Waals surface area contributed by atoms with Crippen LogP contribution in [0.2, 0.25) is 0 Å². The van der Waals surface area contributed by atoms with Gasteiger partial charge in [-0.2, -0.15) is 13.2 Å². The molecular formula is C23H26F3NO4. The van der Waals surface area contributed by atoms with Crippen molar-refractivity contribution in [3.05, 3.63) is 59.2 Å². The van der Waals surface area contributed by atoms with Gasteiger partial charge in [0, 0.05) is 18.2 Å². The van der Waals surface area contributed by atoms with Crippen molar-refractivity contribution in [1.29, 1.82) is 0 Å². The summed E-state index contributed by atoms with van der Waals surface area (Å²) < 4.78 is 43.7. The number of alkyl halides is 3. The van der Waals surface area contributed by atoms with E-state index in [2.05, 4.69) is 0 Å². The van der Waals surface area contributed by atoms with Crippen LogP contribution in [0.3, 0.4) is 0 Å². The summed E-state index contributed by atoms with van der Waals surface area (Å²) in [6, 6.07) is 12.2. The molecule has 0 N–H and O–H groups in total. The van der Waals surface area contributed by atoms with Crippen LogP contribution in [0, 0.1) is 6.92 Å². The predicted molar refractivity (Wildman–Crippen MR) is 113 cm³/mol. The van der Waals surface area contributed by atoms with Crippen LogP contribution >= 0.6 is 0 Å². The topological polar surface area (TPSA) is 63.7 Å². The zero-order chi connectivity index (χ0) is 23.8. The SMILES string of the molecule is C=O.CC=O.Cc1ccc(OC(C)C(F)(F)F)c(C(=O)N2CC(C)c3ccccc32)c1. The van der Waals surface area contributed by atoms with Gasteiger partial charge in [0.1, 0.15) is 18.8 Å². The lowest BCUT2D eigenvalue weighted by Gasteiger charge is -2.23. The maximum absolute atomic E-state index is 13.1. The van der Waals surface area contributed by atoms with Crippen molar-refractivity contribution in [2.75, 3.05) is 11.4 Å². The molecule has 5 nitrogen and oxygen atoms in total. The predicted octanol–water partition coefficient (Wildman–Crippen LogP) is 5.11. The lowest BCUT2D eigenvalue weighted by Crippen LogP contribution is -2.33. The fourth-order valence-electron chi connectivity index (χ4n) is 3.13. The van der Waals surface area contributed by atoms with Crippen molar-refractivity contribution in [3.8, 4) is 5.75 Å². The number of nitrogens with zero attached hydrogens (tertiary/aromatic N) is 1. The van der Waals surface area contributed by atoms with E-state index in [9.17, 15) is 18.0 Å². The van der Waals surface area contributed by atoms with E-state index in [0.717, 1.165) is 30.0 Å². The Kier molecular flexibility index (Phi) is 9.42. The molecule has 0 aliphatic carbocycles. The average Bonchev–Trinajstić information content (AvgIpc) is 3.07. The molecule has 8 heteroatoms. The van der Waals surface area contributed by atoms with Crippen molar-refractivity contribution in [2.24, 2.45) is 0 Å². The summed E-state index contributed by atoms with van der Waals surface area (Å²) >= 11 is 0. The molecule has 2 aromatic rings. The minimum Gasteiger partial charge on any atom is -0.480 e. The van der Waals surface area contributed by atoms with Gasteiger partial charge in [0.2, 0.25) is 0 Å². The molecule has 0 saturated carbocycles. The second-order valence-corrected chi connectivity index (χ2v) is 6.91. The van der Waals surface area contributed by atoms with E-state index in [0.29, 0.717) is 6.54 Å². The van der Waals surface area contributed by atoms with Gasteiger partial charge in [0.15, 0.2) is 6.10 Å². The number of aryl methyl sites for hydroxylation is 1. The van der Waals surface area contributed by atoms with Crippen molar-refractivity contribution in [2.45, 2.75) is 45.9 Å². The number of ether oxygens (including phenoxy) is 1. The van der Waals surface area contributed by atoms with Gasteiger partial charge in [-0.25, -0.2) is 0 Å². The summed E-state index contributed by atoms with van der Waals surface area (Å²) in [6.07, 6.45) is -5.75. The Balaban J connectivity index is 0.000000884. The van der Waals surface area contributed by atoms with Crippen LogP contribution in [0.25, 0.3) is 0 Å². The molecule has 0 bridgehead atoms. The standard InChI is InChI=1S/C20H20F3NO2.C2H4O.CH2O/c1-12-8-9-18(26-14(3)20(21,22)23)16(10-12)19(25)24-11-13(2)15-6-4-5-7-17(15)24;1-2-3;1-2/h4-10,13-14H,11H2,1-3H3;2H,1H3;1H2. The highest BCUT2D eigenvalue weighted by Gasteiger charge is 2.39. The molecule has 1 aliphatic heterocycles. The minimum atomic E-state index is -4.50. The zero-order valence-corrected chi connectivity index (χ0v) is 17.9. The Morgan fingerprint density at radius 2 is 1.81 bits per heavy atom. The third-order valence-corrected chi connectivity index (χ3v) is 4.59. The van der Waals surface area contributed by atoms with E-state index in [1.54, 1.807) is 24.0 Å². The van der Waals surface area contributed by atoms with E-state index in [1.165, 1.54) is 13.0 Å². The molecule has 0 fully saturated rings. The summed E-state index contributed by atoms with van der Waals surface area (Å²) in [6.45, 7) is 8.67. The minimum absolute atomic E-state index is 0.0533. The third kappa shape index (κ3) is 6.41. The Morgan fingerprint density at radius 1 is 1.23 bits per heavy atom. The Bertz CT molecular complexity index is 899. The Morgan fingerprint density at radius 3 is 2.39 bits per heavy atom. The molecule has 0 saturated heterocycles. The van der Waals surface area contributed by atoms with E-state index in [4.69, 9.17) is 14.3 Å². The number of rotatable bonds is 3. The number of aldehydes is 1. The monoisotopic (exact) mass is 437 g/mol. The number of carbonyl (C=O) groups is 3. The molecule has 2 atom stereocenters. The maximum Gasteiger partial charge on any atom is 0.425 e. The first kappa shape index (κ1) is 25.9. The molecule has 0 aromatic heterocycles. The fourth-order valence-corrected chi connectivity index (χ4v) is 3.13. The molecule has 2 unspecified atom stereocenters. The highest BCUT2D eigenvalue weighted by Crippen LogP contribution is 2.38. The molecule has 0 spiro atoms. The van der Waals surface area contributed by atoms with Crippen LogP contribution in [-0.2, 0) is 9.59 Å². The van der Waals surface area contributed by atoms with Gasteiger partial charge in [0.05, 0.1) is 5.56 Å². The van der Waals surface area contributed by atoms with Crippen LogP contribution in [0.4, 0.5) is 18.9 Å². The Hall–Kier alpha value is -3.16. The second-order valence-electron chi connectivity index (χ2n) is 6.91. The zero-order valence-electron chi connectivity index (χ0n) is 17.9. The summed E-state index contributed by atoms with van der Waals surface area (Å²) in [4.78, 5) is 31.5. The molecule has 2 aromatic carbocycles. The lowest BCUT2D eigenvalue weighted by atomic mass is 10.0. The largest absolute Gasteiger partial charge is 0.480 e. The van der Waals surface area contributed by atoms with Crippen LogP contribution in [-0.4, -0.2) is 37.8 Å². The second kappa shape index (κ2) is 11.3. The molecule has 3 rings (SSSR count). The smallest absolute Gasteiger partial charge is 0.425 e. The van der Waals surface area contributed by atoms with Gasteiger partial charge >= 0.3 is 6.18 Å². The fraction of sp³-hybridized carbons (Fsp3) is 0.348. The Labute approximate surface area is 179 Å². The molecule has 0 radical (unpaired) electrons. The van der Waals surface area contributed by atoms with Crippen LogP contribution in [0.5, 0.6) is 5.75 Å². The first-order chi connectivity index (χ1) is 14.6. The van der Waals surface area contributed by atoms with Gasteiger partial charge in [0.25, 0.3) is 5.91 Å². The maximum atomic E-state index is 13.1. The van der Waals surface area contributed by atoms with Gasteiger partial charge < -0.3 is 19.2 Å². The number of amides is 1. The van der Waals surface area contributed by atoms with Crippen molar-refractivity contribution in [3.63, 3.8) is 0 Å². The third-order valence-electron chi connectivity index (χ3n) is 4.59. The number of halogens is 3. The highest BCUT2D eigenvalue weighted by molar-refractivity contribution is 6.09. The quantitative estimate of drug-likeness (QED) is 0.626. The number of benzene rings is 2. The molecule has 31 heavy (non-hydrogen) atoms. The van der Waals surface area contributed by atoms with Crippen LogP contribution in [0.15, 0.2) is 42.5 Å². The number of fused-ring (bicyclic) bond motifs is 1. The molecule has 168 valence electrons. The number of anilines is 1.